The molecule has 0 fully saturated rings. The topological polar surface area (TPSA) is 72.7 Å². The first-order valence-electron chi connectivity index (χ1n) is 4.30. The molecule has 0 bridgehead atoms. The third kappa shape index (κ3) is 2.59. The Balaban J connectivity index is 1.93. The molecular weight excluding hydrogens is 214 g/mol. The molecule has 2 aromatic heterocycles. The van der Waals surface area contributed by atoms with Crippen LogP contribution in [0.15, 0.2) is 18.7 Å². The maximum atomic E-state index is 11.5. The fraction of sp³-hybridized carbons (Fsp3) is 0.250. The summed E-state index contributed by atoms with van der Waals surface area (Å²) in [5.41, 5.74) is 0. The lowest BCUT2D eigenvalue weighted by Crippen LogP contribution is -2.17. The summed E-state index contributed by atoms with van der Waals surface area (Å²) in [6.07, 6.45) is 4.94. The summed E-state index contributed by atoms with van der Waals surface area (Å²) in [5.74, 6) is -0.135. The average Bonchev–Trinajstić information content (AvgIpc) is 2.77. The predicted molar refractivity (Wildman–Crippen MR) is 55.5 cm³/mol. The van der Waals surface area contributed by atoms with Gasteiger partial charge < -0.3 is 4.57 Å². The Bertz CT molecular complexity index is 449. The summed E-state index contributed by atoms with van der Waals surface area (Å²) < 4.78 is 1.68. The van der Waals surface area contributed by atoms with Crippen LogP contribution in [0, 0.1) is 6.92 Å². The van der Waals surface area contributed by atoms with Crippen LogP contribution in [-0.2, 0) is 11.3 Å². The molecule has 0 radical (unpaired) electrons. The van der Waals surface area contributed by atoms with Gasteiger partial charge in [-0.25, -0.2) is 4.98 Å². The number of hydrogen-bond donors (Lipinski definition) is 1. The van der Waals surface area contributed by atoms with Gasteiger partial charge in [-0.05, 0) is 6.92 Å². The first kappa shape index (κ1) is 9.78. The molecule has 0 aliphatic carbocycles. The minimum atomic E-state index is -0.135. The van der Waals surface area contributed by atoms with Gasteiger partial charge in [-0.1, -0.05) is 11.3 Å². The van der Waals surface area contributed by atoms with Gasteiger partial charge in [-0.15, -0.1) is 10.2 Å². The van der Waals surface area contributed by atoms with Gasteiger partial charge in [0.2, 0.25) is 11.0 Å². The summed E-state index contributed by atoms with van der Waals surface area (Å²) in [5, 5.41) is 11.6. The van der Waals surface area contributed by atoms with Crippen LogP contribution >= 0.6 is 11.3 Å². The Morgan fingerprint density at radius 1 is 1.60 bits per heavy atom. The van der Waals surface area contributed by atoms with Crippen molar-refractivity contribution in [3.63, 3.8) is 0 Å². The number of rotatable bonds is 3. The Morgan fingerprint density at radius 3 is 3.07 bits per heavy atom. The van der Waals surface area contributed by atoms with Crippen LogP contribution in [0.25, 0.3) is 0 Å². The molecule has 1 N–H and O–H groups in total. The third-order valence-corrected chi connectivity index (χ3v) is 2.41. The van der Waals surface area contributed by atoms with Gasteiger partial charge in [0.15, 0.2) is 0 Å². The second-order valence-corrected chi connectivity index (χ2v) is 4.09. The van der Waals surface area contributed by atoms with Crippen molar-refractivity contribution in [2.75, 3.05) is 5.32 Å². The molecular formula is C8H9N5OS. The monoisotopic (exact) mass is 223 g/mol. The maximum absolute atomic E-state index is 11.5. The van der Waals surface area contributed by atoms with Crippen LogP contribution in [-0.4, -0.2) is 25.7 Å². The van der Waals surface area contributed by atoms with E-state index >= 15 is 0 Å². The van der Waals surface area contributed by atoms with Crippen LogP contribution in [0.5, 0.6) is 0 Å². The van der Waals surface area contributed by atoms with Crippen molar-refractivity contribution in [3.8, 4) is 0 Å². The number of imidazole rings is 1. The van der Waals surface area contributed by atoms with Gasteiger partial charge in [-0.2, -0.15) is 0 Å². The lowest BCUT2D eigenvalue weighted by atomic mass is 10.6. The number of aryl methyl sites for hydroxylation is 1. The molecule has 1 amide bonds. The Labute approximate surface area is 90.0 Å². The minimum absolute atomic E-state index is 0.135. The largest absolute Gasteiger partial charge is 0.328 e. The van der Waals surface area contributed by atoms with Gasteiger partial charge in [-0.3, -0.25) is 10.1 Å². The first-order valence-corrected chi connectivity index (χ1v) is 5.11. The molecule has 2 heterocycles. The van der Waals surface area contributed by atoms with Crippen molar-refractivity contribution in [1.29, 1.82) is 0 Å². The zero-order chi connectivity index (χ0) is 10.7. The summed E-state index contributed by atoms with van der Waals surface area (Å²) in [4.78, 5) is 15.3. The van der Waals surface area contributed by atoms with Gasteiger partial charge in [0.05, 0.1) is 6.33 Å². The molecule has 0 spiro atoms. The summed E-state index contributed by atoms with van der Waals surface area (Å²) >= 11 is 1.35. The highest BCUT2D eigenvalue weighted by atomic mass is 32.1. The zero-order valence-corrected chi connectivity index (χ0v) is 8.86. The van der Waals surface area contributed by atoms with Gasteiger partial charge >= 0.3 is 0 Å². The highest BCUT2D eigenvalue weighted by molar-refractivity contribution is 7.15. The van der Waals surface area contributed by atoms with Crippen molar-refractivity contribution in [2.24, 2.45) is 0 Å². The standard InChI is InChI=1S/C8H9N5OS/c1-6-11-12-8(15-6)10-7(14)4-13-3-2-9-5-13/h2-3,5H,4H2,1H3,(H,10,12,14). The molecule has 0 aliphatic rings. The number of nitrogens with one attached hydrogen (secondary N) is 1. The molecule has 2 aromatic rings. The fourth-order valence-electron chi connectivity index (χ4n) is 1.05. The van der Waals surface area contributed by atoms with E-state index in [1.165, 1.54) is 11.3 Å². The van der Waals surface area contributed by atoms with Gasteiger partial charge in [0.1, 0.15) is 11.6 Å². The van der Waals surface area contributed by atoms with E-state index in [2.05, 4.69) is 20.5 Å². The highest BCUT2D eigenvalue weighted by Gasteiger charge is 2.06. The van der Waals surface area contributed by atoms with E-state index in [0.717, 1.165) is 5.01 Å². The van der Waals surface area contributed by atoms with E-state index in [1.54, 1.807) is 23.3 Å². The Morgan fingerprint density at radius 2 is 2.47 bits per heavy atom. The number of amides is 1. The molecule has 0 aliphatic heterocycles. The number of anilines is 1. The molecule has 0 aromatic carbocycles. The Kier molecular flexibility index (Phi) is 2.72. The highest BCUT2D eigenvalue weighted by Crippen LogP contribution is 2.13. The number of carbonyl (C=O) groups is 1. The number of aromatic nitrogens is 4. The normalized spacial score (nSPS) is 10.2. The number of carbonyl (C=O) groups excluding carboxylic acids is 1. The fourth-order valence-corrected chi connectivity index (χ4v) is 1.66. The average molecular weight is 223 g/mol. The van der Waals surface area contributed by atoms with E-state index in [9.17, 15) is 4.79 Å². The molecule has 78 valence electrons. The molecule has 15 heavy (non-hydrogen) atoms. The first-order chi connectivity index (χ1) is 7.24. The van der Waals surface area contributed by atoms with Crippen molar-refractivity contribution >= 4 is 22.4 Å². The summed E-state index contributed by atoms with van der Waals surface area (Å²) in [7, 11) is 0. The lowest BCUT2D eigenvalue weighted by Gasteiger charge is -2.00. The molecule has 0 unspecified atom stereocenters. The van der Waals surface area contributed by atoms with Crippen LogP contribution in [0.3, 0.4) is 0 Å². The molecule has 2 rings (SSSR count). The molecule has 0 saturated heterocycles. The van der Waals surface area contributed by atoms with E-state index in [-0.39, 0.29) is 12.5 Å². The van der Waals surface area contributed by atoms with Crippen LogP contribution in [0.4, 0.5) is 5.13 Å². The van der Waals surface area contributed by atoms with E-state index in [1.807, 2.05) is 6.92 Å². The summed E-state index contributed by atoms with van der Waals surface area (Å²) in [6.45, 7) is 2.07. The molecule has 0 atom stereocenters. The number of hydrogen-bond acceptors (Lipinski definition) is 5. The lowest BCUT2D eigenvalue weighted by molar-refractivity contribution is -0.116. The van der Waals surface area contributed by atoms with Crippen molar-refractivity contribution in [3.05, 3.63) is 23.7 Å². The van der Waals surface area contributed by atoms with E-state index in [0.29, 0.717) is 5.13 Å². The van der Waals surface area contributed by atoms with E-state index in [4.69, 9.17) is 0 Å². The van der Waals surface area contributed by atoms with Gasteiger partial charge in [0, 0.05) is 12.4 Å². The van der Waals surface area contributed by atoms with Crippen LogP contribution < -0.4 is 5.32 Å². The van der Waals surface area contributed by atoms with Crippen molar-refractivity contribution < 1.29 is 4.79 Å². The van der Waals surface area contributed by atoms with Gasteiger partial charge in [0.25, 0.3) is 0 Å². The SMILES string of the molecule is Cc1nnc(NC(=O)Cn2ccnc2)s1. The third-order valence-electron chi connectivity index (χ3n) is 1.66. The number of nitrogens with zero attached hydrogens (tertiary/aromatic N) is 4. The quantitative estimate of drug-likeness (QED) is 0.830. The predicted octanol–water partition coefficient (Wildman–Crippen LogP) is 0.682. The van der Waals surface area contributed by atoms with Crippen LogP contribution in [0.2, 0.25) is 0 Å². The van der Waals surface area contributed by atoms with E-state index < -0.39 is 0 Å². The Hall–Kier alpha value is -1.76. The second kappa shape index (κ2) is 4.18. The minimum Gasteiger partial charge on any atom is -0.328 e. The second-order valence-electron chi connectivity index (χ2n) is 2.91. The molecule has 7 heteroatoms. The molecule has 0 saturated carbocycles. The van der Waals surface area contributed by atoms with Crippen LogP contribution in [0.1, 0.15) is 5.01 Å². The van der Waals surface area contributed by atoms with Crippen molar-refractivity contribution in [1.82, 2.24) is 19.7 Å². The zero-order valence-electron chi connectivity index (χ0n) is 8.04. The van der Waals surface area contributed by atoms with Crippen molar-refractivity contribution in [2.45, 2.75) is 13.5 Å². The molecule has 6 nitrogen and oxygen atoms in total. The maximum Gasteiger partial charge on any atom is 0.246 e. The smallest absolute Gasteiger partial charge is 0.246 e. The summed E-state index contributed by atoms with van der Waals surface area (Å²) in [6, 6.07) is 0.